The van der Waals surface area contributed by atoms with Gasteiger partial charge in [0.1, 0.15) is 23.0 Å². The second-order valence-corrected chi connectivity index (χ2v) is 9.08. The Morgan fingerprint density at radius 1 is 0.415 bits per heavy atom. The molecule has 41 heavy (non-hydrogen) atoms. The fourth-order valence-corrected chi connectivity index (χ4v) is 4.96. The number of aromatic nitrogens is 12. The van der Waals surface area contributed by atoms with Crippen molar-refractivity contribution in [3.63, 3.8) is 0 Å². The molecule has 12 nitrogen and oxygen atoms in total. The Labute approximate surface area is 245 Å². The number of rotatable bonds is 0. The summed E-state index contributed by atoms with van der Waals surface area (Å²) < 4.78 is 0. The Kier molecular flexibility index (Phi) is 5.11. The Morgan fingerprint density at radius 2 is 0.829 bits per heavy atom. The van der Waals surface area contributed by atoms with E-state index in [1.807, 2.05) is 48.5 Å². The Morgan fingerprint density at radius 3 is 1.37 bits per heavy atom. The van der Waals surface area contributed by atoms with Gasteiger partial charge in [-0.1, -0.05) is 12.1 Å². The van der Waals surface area contributed by atoms with E-state index >= 15 is 0 Å². The van der Waals surface area contributed by atoms with E-state index in [0.717, 1.165) is 21.9 Å². The van der Waals surface area contributed by atoms with Gasteiger partial charge in [-0.15, -0.1) is 0 Å². The first kappa shape index (κ1) is 23.6. The topological polar surface area (TPSA) is 157 Å². The maximum absolute atomic E-state index is 4.84. The molecule has 9 rings (SSSR count). The molecule has 0 saturated heterocycles. The third kappa shape index (κ3) is 3.52. The average Bonchev–Trinajstić information content (AvgIpc) is 3.73. The fourth-order valence-electron chi connectivity index (χ4n) is 4.96. The van der Waals surface area contributed by atoms with Gasteiger partial charge in [-0.2, -0.15) is 0 Å². The van der Waals surface area contributed by atoms with Crippen molar-refractivity contribution in [2.75, 3.05) is 0 Å². The SMILES string of the molecule is [Mg+2].c1cnc2c(c1)-c1nc-2nc2[n-]c(nc3nc(nc4[n-]c(n1)c1cccnc41)-c1cccnc1-3)c1ncccc21. The van der Waals surface area contributed by atoms with Crippen molar-refractivity contribution in [3.8, 4) is 45.8 Å². The molecule has 2 aliphatic rings. The number of pyridine rings is 4. The molecule has 0 radical (unpaired) electrons. The van der Waals surface area contributed by atoms with Crippen LogP contribution in [0.25, 0.3) is 90.2 Å². The smallest absolute Gasteiger partial charge is 0.356 e. The van der Waals surface area contributed by atoms with Gasteiger partial charge in [0.2, 0.25) is 0 Å². The van der Waals surface area contributed by atoms with E-state index in [1.165, 1.54) is 0 Å². The summed E-state index contributed by atoms with van der Waals surface area (Å²) in [7, 11) is 0. The molecule has 0 N–H and O–H groups in total. The molecule has 0 aliphatic carbocycles. The molecule has 0 saturated carbocycles. The average molecular weight is 541 g/mol. The summed E-state index contributed by atoms with van der Waals surface area (Å²) in [6.07, 6.45) is 6.77. The van der Waals surface area contributed by atoms with E-state index in [4.69, 9.17) is 39.9 Å². The monoisotopic (exact) mass is 540 g/mol. The number of fused-ring (bicyclic) bond motifs is 20. The van der Waals surface area contributed by atoms with Gasteiger partial charge < -0.3 is 29.9 Å². The van der Waals surface area contributed by atoms with Gasteiger partial charge in [-0.05, 0) is 36.4 Å². The summed E-state index contributed by atoms with van der Waals surface area (Å²) >= 11 is 0. The van der Waals surface area contributed by atoms with E-state index < -0.39 is 0 Å². The van der Waals surface area contributed by atoms with Crippen LogP contribution in [-0.2, 0) is 0 Å². The third-order valence-corrected chi connectivity index (χ3v) is 6.74. The van der Waals surface area contributed by atoms with Crippen molar-refractivity contribution in [1.29, 1.82) is 0 Å². The van der Waals surface area contributed by atoms with Crippen LogP contribution in [0.2, 0.25) is 0 Å². The van der Waals surface area contributed by atoms with Gasteiger partial charge in [0.25, 0.3) is 0 Å². The Bertz CT molecular complexity index is 2040. The summed E-state index contributed by atoms with van der Waals surface area (Å²) in [5.74, 6) is 1.61. The van der Waals surface area contributed by atoms with Crippen molar-refractivity contribution < 1.29 is 0 Å². The van der Waals surface area contributed by atoms with E-state index in [2.05, 4.69) is 19.9 Å². The molecule has 186 valence electrons. The molecule has 8 bridgehead atoms. The molecular weight excluding hydrogens is 529 g/mol. The van der Waals surface area contributed by atoms with Crippen LogP contribution in [0, 0.1) is 0 Å². The Balaban J connectivity index is 0.00000256. The van der Waals surface area contributed by atoms with E-state index in [9.17, 15) is 0 Å². The van der Waals surface area contributed by atoms with Gasteiger partial charge >= 0.3 is 23.1 Å². The second kappa shape index (κ2) is 8.87. The predicted molar refractivity (Wildman–Crippen MR) is 151 cm³/mol. The van der Waals surface area contributed by atoms with Gasteiger partial charge in [-0.3, -0.25) is 19.9 Å². The first-order valence-electron chi connectivity index (χ1n) is 12.3. The standard InChI is InChI=1S/C28H12N12.Mg/c1-5-13-17(29-9-1)25-34-21(13)33-22-14-6-2-10-30-18(14)26(35-22)37-24-16-8-4-12-32-20(16)28(39-24)40-27-19-15(7-3-11-31-19)23(36-25)38-27;/h1-12H;/q-2;+2. The molecule has 0 fully saturated rings. The number of hydrogen-bond acceptors (Lipinski definition) is 10. The van der Waals surface area contributed by atoms with Crippen LogP contribution >= 0.6 is 0 Å². The molecule has 0 aromatic carbocycles. The van der Waals surface area contributed by atoms with Crippen LogP contribution in [0.15, 0.2) is 73.3 Å². The zero-order chi connectivity index (χ0) is 26.2. The maximum Gasteiger partial charge on any atom is 2.00 e. The minimum absolute atomic E-state index is 0. The van der Waals surface area contributed by atoms with E-state index in [0.29, 0.717) is 68.3 Å². The van der Waals surface area contributed by atoms with Crippen LogP contribution in [0.4, 0.5) is 0 Å². The van der Waals surface area contributed by atoms with Crippen molar-refractivity contribution in [1.82, 2.24) is 59.8 Å². The molecule has 0 unspecified atom stereocenters. The largest absolute Gasteiger partial charge is 2.00 e. The van der Waals surface area contributed by atoms with Gasteiger partial charge in [0.15, 0.2) is 0 Å². The summed E-state index contributed by atoms with van der Waals surface area (Å²) in [6.45, 7) is 0. The molecule has 2 aliphatic heterocycles. The second-order valence-electron chi connectivity index (χ2n) is 9.08. The zero-order valence-electron chi connectivity index (χ0n) is 21.0. The summed E-state index contributed by atoms with van der Waals surface area (Å²) in [5, 5.41) is 1.46. The minimum Gasteiger partial charge on any atom is -0.356 e. The van der Waals surface area contributed by atoms with Crippen molar-refractivity contribution >= 4 is 67.4 Å². The summed E-state index contributed by atoms with van der Waals surface area (Å²) in [5.41, 5.74) is 5.44. The number of nitrogens with zero attached hydrogens (tertiary/aromatic N) is 12. The van der Waals surface area contributed by atoms with Crippen LogP contribution in [0.1, 0.15) is 0 Å². The zero-order valence-corrected chi connectivity index (χ0v) is 22.4. The first-order valence-corrected chi connectivity index (χ1v) is 12.3. The molecule has 7 aromatic heterocycles. The first-order chi connectivity index (χ1) is 19.8. The molecule has 9 heterocycles. The molecule has 0 amide bonds. The summed E-state index contributed by atoms with van der Waals surface area (Å²) in [4.78, 5) is 56.4. The van der Waals surface area contributed by atoms with Crippen LogP contribution in [0.3, 0.4) is 0 Å². The van der Waals surface area contributed by atoms with Crippen LogP contribution < -0.4 is 9.97 Å². The number of hydrogen-bond donors (Lipinski definition) is 0. The minimum atomic E-state index is 0. The van der Waals surface area contributed by atoms with Gasteiger partial charge in [0, 0.05) is 69.3 Å². The molecule has 7 aromatic rings. The van der Waals surface area contributed by atoms with Gasteiger partial charge in [0.05, 0.1) is 22.7 Å². The van der Waals surface area contributed by atoms with Crippen molar-refractivity contribution in [3.05, 3.63) is 73.3 Å². The van der Waals surface area contributed by atoms with Crippen molar-refractivity contribution in [2.45, 2.75) is 0 Å². The van der Waals surface area contributed by atoms with Crippen LogP contribution in [0.5, 0.6) is 0 Å². The quantitative estimate of drug-likeness (QED) is 0.259. The van der Waals surface area contributed by atoms with E-state index in [1.54, 1.807) is 24.8 Å². The normalized spacial score (nSPS) is 11.7. The molecule has 0 atom stereocenters. The third-order valence-electron chi connectivity index (χ3n) is 6.74. The van der Waals surface area contributed by atoms with Crippen LogP contribution in [-0.4, -0.2) is 72.9 Å². The summed E-state index contributed by atoms with van der Waals surface area (Å²) in [6, 6.07) is 14.9. The fraction of sp³-hybridized carbons (Fsp3) is 0. The molecule has 13 heteroatoms. The van der Waals surface area contributed by atoms with Crippen molar-refractivity contribution in [2.24, 2.45) is 0 Å². The molecular formula is C28H12MgN12. The predicted octanol–water partition coefficient (Wildman–Crippen LogP) is 3.33. The van der Waals surface area contributed by atoms with Gasteiger partial charge in [-0.25, -0.2) is 9.97 Å². The maximum atomic E-state index is 4.84. The Hall–Kier alpha value is -5.27. The van der Waals surface area contributed by atoms with E-state index in [-0.39, 0.29) is 23.1 Å². The molecule has 0 spiro atoms.